The highest BCUT2D eigenvalue weighted by Gasteiger charge is 2.25. The van der Waals surface area contributed by atoms with Crippen molar-refractivity contribution in [3.8, 4) is 17.1 Å². The molecule has 0 aliphatic rings. The van der Waals surface area contributed by atoms with Crippen LogP contribution in [0.15, 0.2) is 46.0 Å². The van der Waals surface area contributed by atoms with Gasteiger partial charge in [0.2, 0.25) is 0 Å². The molecule has 0 amide bonds. The number of ether oxygens (including phenoxy) is 2. The number of hydrogen-bond donors (Lipinski definition) is 1. The molecule has 1 aromatic heterocycles. The molecule has 6 nitrogen and oxygen atoms in total. The third-order valence-electron chi connectivity index (χ3n) is 3.97. The van der Waals surface area contributed by atoms with Crippen LogP contribution < -0.4 is 4.74 Å². The number of carbonyl (C=O) groups excluding carboxylic acids is 1. The van der Waals surface area contributed by atoms with Gasteiger partial charge in [0, 0.05) is 16.5 Å². The minimum absolute atomic E-state index is 0.141. The standard InChI is InChI=1S/C21H20FNO5/c1-4-26-21(24)19-16-10-17(27-12(2)3)14(11-23-25)9-18(16)28-20(19)13-5-7-15(22)8-6-13/h5-12,25H,4H2,1-3H3. The Labute approximate surface area is 161 Å². The smallest absolute Gasteiger partial charge is 0.342 e. The van der Waals surface area contributed by atoms with Gasteiger partial charge in [0.25, 0.3) is 0 Å². The first-order chi connectivity index (χ1) is 13.4. The van der Waals surface area contributed by atoms with E-state index in [1.807, 2.05) is 13.8 Å². The first-order valence-electron chi connectivity index (χ1n) is 8.82. The number of esters is 1. The van der Waals surface area contributed by atoms with Crippen LogP contribution in [0.4, 0.5) is 4.39 Å². The van der Waals surface area contributed by atoms with E-state index < -0.39 is 11.8 Å². The van der Waals surface area contributed by atoms with E-state index in [2.05, 4.69) is 5.16 Å². The van der Waals surface area contributed by atoms with Crippen molar-refractivity contribution in [2.45, 2.75) is 26.9 Å². The van der Waals surface area contributed by atoms with Gasteiger partial charge in [0.05, 0.1) is 18.9 Å². The molecule has 0 aliphatic carbocycles. The lowest BCUT2D eigenvalue weighted by atomic mass is 10.0. The summed E-state index contributed by atoms with van der Waals surface area (Å²) in [6.07, 6.45) is 1.08. The van der Waals surface area contributed by atoms with Gasteiger partial charge in [-0.1, -0.05) is 5.16 Å². The lowest BCUT2D eigenvalue weighted by molar-refractivity contribution is 0.0528. The minimum Gasteiger partial charge on any atom is -0.490 e. The molecular weight excluding hydrogens is 365 g/mol. The number of oxime groups is 1. The molecule has 0 saturated carbocycles. The van der Waals surface area contributed by atoms with Gasteiger partial charge in [-0.3, -0.25) is 0 Å². The normalized spacial score (nSPS) is 11.5. The fourth-order valence-corrected chi connectivity index (χ4v) is 2.87. The Hall–Kier alpha value is -3.35. The van der Waals surface area contributed by atoms with Crippen molar-refractivity contribution < 1.29 is 28.3 Å². The molecule has 0 bridgehead atoms. The second kappa shape index (κ2) is 8.12. The van der Waals surface area contributed by atoms with Crippen LogP contribution in [-0.2, 0) is 4.74 Å². The first-order valence-corrected chi connectivity index (χ1v) is 8.82. The summed E-state index contributed by atoms with van der Waals surface area (Å²) in [6, 6.07) is 8.88. The zero-order chi connectivity index (χ0) is 20.3. The summed E-state index contributed by atoms with van der Waals surface area (Å²) in [5, 5.41) is 12.5. The molecule has 7 heteroatoms. The predicted octanol–water partition coefficient (Wildman–Crippen LogP) is 5.01. The molecule has 0 unspecified atom stereocenters. The molecule has 0 spiro atoms. The summed E-state index contributed by atoms with van der Waals surface area (Å²) in [4.78, 5) is 12.7. The van der Waals surface area contributed by atoms with Crippen LogP contribution in [-0.4, -0.2) is 30.1 Å². The van der Waals surface area contributed by atoms with E-state index in [1.165, 1.54) is 30.5 Å². The van der Waals surface area contributed by atoms with Crippen LogP contribution in [0.25, 0.3) is 22.3 Å². The molecule has 3 aromatic rings. The highest BCUT2D eigenvalue weighted by molar-refractivity contribution is 6.10. The summed E-state index contributed by atoms with van der Waals surface area (Å²) in [5.74, 6) is -0.259. The highest BCUT2D eigenvalue weighted by atomic mass is 19.1. The van der Waals surface area contributed by atoms with Crippen LogP contribution in [0, 0.1) is 5.82 Å². The Morgan fingerprint density at radius 3 is 2.61 bits per heavy atom. The van der Waals surface area contributed by atoms with Gasteiger partial charge in [-0.05, 0) is 57.2 Å². The van der Waals surface area contributed by atoms with Crippen molar-refractivity contribution in [3.63, 3.8) is 0 Å². The molecule has 0 aliphatic heterocycles. The Morgan fingerprint density at radius 2 is 2.00 bits per heavy atom. The number of halogens is 1. The molecule has 1 N–H and O–H groups in total. The second-order valence-corrected chi connectivity index (χ2v) is 6.33. The van der Waals surface area contributed by atoms with Gasteiger partial charge in [0.15, 0.2) is 0 Å². The van der Waals surface area contributed by atoms with Crippen molar-refractivity contribution in [3.05, 3.63) is 53.3 Å². The molecular formula is C21H20FNO5. The van der Waals surface area contributed by atoms with E-state index in [0.717, 1.165) is 0 Å². The van der Waals surface area contributed by atoms with Gasteiger partial charge >= 0.3 is 5.97 Å². The van der Waals surface area contributed by atoms with Crippen molar-refractivity contribution in [2.75, 3.05) is 6.61 Å². The SMILES string of the molecule is CCOC(=O)c1c(-c2ccc(F)cc2)oc2cc(C=NO)c(OC(C)C)cc12. The summed E-state index contributed by atoms with van der Waals surface area (Å²) >= 11 is 0. The lowest BCUT2D eigenvalue weighted by Crippen LogP contribution is -2.08. The predicted molar refractivity (Wildman–Crippen MR) is 103 cm³/mol. The van der Waals surface area contributed by atoms with Gasteiger partial charge in [0.1, 0.15) is 28.5 Å². The van der Waals surface area contributed by atoms with Crippen LogP contribution in [0.3, 0.4) is 0 Å². The Kier molecular flexibility index (Phi) is 5.63. The third-order valence-corrected chi connectivity index (χ3v) is 3.97. The maximum Gasteiger partial charge on any atom is 0.342 e. The van der Waals surface area contributed by atoms with E-state index >= 15 is 0 Å². The van der Waals surface area contributed by atoms with E-state index in [9.17, 15) is 9.18 Å². The topological polar surface area (TPSA) is 81.3 Å². The zero-order valence-electron chi connectivity index (χ0n) is 15.7. The number of hydrogen-bond acceptors (Lipinski definition) is 6. The van der Waals surface area contributed by atoms with Gasteiger partial charge in [-0.15, -0.1) is 0 Å². The lowest BCUT2D eigenvalue weighted by Gasteiger charge is -2.12. The second-order valence-electron chi connectivity index (χ2n) is 6.33. The molecule has 1 heterocycles. The van der Waals surface area contributed by atoms with Crippen molar-refractivity contribution >= 4 is 23.2 Å². The number of carbonyl (C=O) groups is 1. The maximum atomic E-state index is 13.3. The number of rotatable bonds is 6. The summed E-state index contributed by atoms with van der Waals surface area (Å²) in [7, 11) is 0. The number of fused-ring (bicyclic) bond motifs is 1. The quantitative estimate of drug-likeness (QED) is 0.279. The fourth-order valence-electron chi connectivity index (χ4n) is 2.87. The van der Waals surface area contributed by atoms with E-state index in [0.29, 0.717) is 27.8 Å². The molecule has 28 heavy (non-hydrogen) atoms. The van der Waals surface area contributed by atoms with E-state index in [1.54, 1.807) is 19.1 Å². The van der Waals surface area contributed by atoms with Crippen LogP contribution >= 0.6 is 0 Å². The van der Waals surface area contributed by atoms with Gasteiger partial charge in [-0.25, -0.2) is 9.18 Å². The monoisotopic (exact) mass is 385 g/mol. The molecule has 0 saturated heterocycles. The molecule has 0 atom stereocenters. The summed E-state index contributed by atoms with van der Waals surface area (Å²) in [5.41, 5.74) is 1.63. The summed E-state index contributed by atoms with van der Waals surface area (Å²) in [6.45, 7) is 5.62. The van der Waals surface area contributed by atoms with Crippen LogP contribution in [0.1, 0.15) is 36.7 Å². The highest BCUT2D eigenvalue weighted by Crippen LogP contribution is 2.37. The number of furan rings is 1. The Morgan fingerprint density at radius 1 is 1.29 bits per heavy atom. The molecule has 146 valence electrons. The van der Waals surface area contributed by atoms with E-state index in [4.69, 9.17) is 19.1 Å². The van der Waals surface area contributed by atoms with Crippen molar-refractivity contribution in [2.24, 2.45) is 5.16 Å². The fraction of sp³-hybridized carbons (Fsp3) is 0.238. The minimum atomic E-state index is -0.556. The van der Waals surface area contributed by atoms with E-state index in [-0.39, 0.29) is 24.0 Å². The first kappa shape index (κ1) is 19.4. The van der Waals surface area contributed by atoms with Gasteiger partial charge in [-0.2, -0.15) is 0 Å². The summed E-state index contributed by atoms with van der Waals surface area (Å²) < 4.78 is 30.2. The Balaban J connectivity index is 2.29. The molecule has 2 aromatic carbocycles. The average Bonchev–Trinajstić information content (AvgIpc) is 3.01. The average molecular weight is 385 g/mol. The van der Waals surface area contributed by atoms with Gasteiger partial charge < -0.3 is 19.1 Å². The molecule has 3 rings (SSSR count). The third kappa shape index (κ3) is 3.83. The largest absolute Gasteiger partial charge is 0.490 e. The number of benzene rings is 2. The zero-order valence-corrected chi connectivity index (χ0v) is 15.7. The van der Waals surface area contributed by atoms with Crippen molar-refractivity contribution in [1.29, 1.82) is 0 Å². The maximum absolute atomic E-state index is 13.3. The van der Waals surface area contributed by atoms with Crippen LogP contribution in [0.2, 0.25) is 0 Å². The molecule has 0 radical (unpaired) electrons. The van der Waals surface area contributed by atoms with Crippen molar-refractivity contribution in [1.82, 2.24) is 0 Å². The number of nitrogens with zero attached hydrogens (tertiary/aromatic N) is 1. The Bertz CT molecular complexity index is 1020. The molecule has 0 fully saturated rings. The van der Waals surface area contributed by atoms with Crippen LogP contribution in [0.5, 0.6) is 5.75 Å².